The predicted octanol–water partition coefficient (Wildman–Crippen LogP) is 2.82. The zero-order chi connectivity index (χ0) is 20.6. The number of hydrogen-bond acceptors (Lipinski definition) is 6. The lowest BCUT2D eigenvalue weighted by molar-refractivity contribution is 0.102. The summed E-state index contributed by atoms with van der Waals surface area (Å²) in [6, 6.07) is 7.14. The van der Waals surface area contributed by atoms with Gasteiger partial charge in [0.05, 0.1) is 17.1 Å². The highest BCUT2D eigenvalue weighted by Gasteiger charge is 2.31. The number of halogens is 2. The number of aromatic nitrogens is 2. The summed E-state index contributed by atoms with van der Waals surface area (Å²) >= 11 is 1.15. The van der Waals surface area contributed by atoms with Crippen molar-refractivity contribution >= 4 is 32.4 Å². The number of anilines is 1. The Bertz CT molecular complexity index is 1160. The number of nitrogens with zero attached hydrogens (tertiary/aromatic N) is 3. The van der Waals surface area contributed by atoms with Gasteiger partial charge in [-0.1, -0.05) is 6.07 Å². The van der Waals surface area contributed by atoms with Crippen molar-refractivity contribution in [2.75, 3.05) is 11.9 Å². The Morgan fingerprint density at radius 2 is 1.93 bits per heavy atom. The molecule has 3 heterocycles. The lowest BCUT2D eigenvalue weighted by Crippen LogP contribution is -2.35. The first-order chi connectivity index (χ1) is 13.8. The summed E-state index contributed by atoms with van der Waals surface area (Å²) in [6.07, 6.45) is 1.82. The Balaban J connectivity index is 1.54. The lowest BCUT2D eigenvalue weighted by atomic mass is 10.2. The van der Waals surface area contributed by atoms with E-state index in [1.54, 1.807) is 18.2 Å². The number of sulfonamides is 1. The molecule has 1 aliphatic heterocycles. The number of pyridine rings is 1. The van der Waals surface area contributed by atoms with Crippen molar-refractivity contribution in [1.82, 2.24) is 14.3 Å². The highest BCUT2D eigenvalue weighted by molar-refractivity contribution is 7.89. The minimum Gasteiger partial charge on any atom is -0.296 e. The van der Waals surface area contributed by atoms with Gasteiger partial charge in [-0.25, -0.2) is 22.2 Å². The summed E-state index contributed by atoms with van der Waals surface area (Å²) in [5.41, 5.74) is 0.918. The number of benzene rings is 1. The number of carbonyl (C=O) groups is 1. The van der Waals surface area contributed by atoms with E-state index in [4.69, 9.17) is 0 Å². The Morgan fingerprint density at radius 3 is 2.62 bits per heavy atom. The Hall–Kier alpha value is -2.76. The molecule has 4 rings (SSSR count). The third kappa shape index (κ3) is 4.02. The molecule has 0 bridgehead atoms. The molecule has 1 amide bonds. The van der Waals surface area contributed by atoms with Crippen molar-refractivity contribution in [3.63, 3.8) is 0 Å². The molecular weight excluding hydrogens is 422 g/mol. The fraction of sp³-hybridized carbons (Fsp3) is 0.167. The van der Waals surface area contributed by atoms with Crippen LogP contribution in [0.5, 0.6) is 0 Å². The van der Waals surface area contributed by atoms with E-state index in [2.05, 4.69) is 15.3 Å². The molecule has 1 aromatic carbocycles. The average molecular weight is 436 g/mol. The van der Waals surface area contributed by atoms with E-state index in [0.717, 1.165) is 27.8 Å². The number of fused-ring (bicyclic) bond motifs is 1. The minimum absolute atomic E-state index is 0.00687. The van der Waals surface area contributed by atoms with Crippen LogP contribution >= 0.6 is 11.3 Å². The second-order valence-electron chi connectivity index (χ2n) is 6.25. The normalized spacial score (nSPS) is 14.4. The third-order valence-corrected chi connectivity index (χ3v) is 7.11. The van der Waals surface area contributed by atoms with Crippen LogP contribution in [0.3, 0.4) is 0 Å². The zero-order valence-electron chi connectivity index (χ0n) is 14.8. The summed E-state index contributed by atoms with van der Waals surface area (Å²) in [7, 11) is -4.07. The van der Waals surface area contributed by atoms with Crippen LogP contribution < -0.4 is 5.32 Å². The van der Waals surface area contributed by atoms with Crippen LogP contribution in [-0.4, -0.2) is 35.1 Å². The van der Waals surface area contributed by atoms with Crippen LogP contribution in [0, 0.1) is 11.6 Å². The minimum atomic E-state index is -4.07. The largest absolute Gasteiger partial charge is 0.296 e. The standard InChI is InChI=1S/C18H14F2N4O3S2/c19-11-7-12(20)9-13(8-11)29(26,27)24-6-4-14-16(10-24)28-18(22-14)23-17(25)15-3-1-2-5-21-15/h1-3,5,7-9H,4,6,10H2,(H,22,23,25). The van der Waals surface area contributed by atoms with Crippen LogP contribution in [0.25, 0.3) is 0 Å². The molecule has 0 radical (unpaired) electrons. The maximum absolute atomic E-state index is 13.5. The monoisotopic (exact) mass is 436 g/mol. The van der Waals surface area contributed by atoms with Crippen LogP contribution in [-0.2, 0) is 23.0 Å². The second-order valence-corrected chi connectivity index (χ2v) is 9.27. The molecule has 0 atom stereocenters. The average Bonchev–Trinajstić information content (AvgIpc) is 3.09. The molecule has 150 valence electrons. The summed E-state index contributed by atoms with van der Waals surface area (Å²) in [5.74, 6) is -2.34. The molecule has 3 aromatic rings. The van der Waals surface area contributed by atoms with E-state index in [9.17, 15) is 22.0 Å². The molecule has 0 spiro atoms. The van der Waals surface area contributed by atoms with Gasteiger partial charge in [-0.2, -0.15) is 4.31 Å². The third-order valence-electron chi connectivity index (χ3n) is 4.29. The molecule has 7 nitrogen and oxygen atoms in total. The number of carbonyl (C=O) groups excluding carboxylic acids is 1. The van der Waals surface area contributed by atoms with Crippen LogP contribution in [0.4, 0.5) is 13.9 Å². The van der Waals surface area contributed by atoms with Gasteiger partial charge in [0.25, 0.3) is 5.91 Å². The van der Waals surface area contributed by atoms with Crippen molar-refractivity contribution < 1.29 is 22.0 Å². The molecule has 0 fully saturated rings. The predicted molar refractivity (Wildman–Crippen MR) is 102 cm³/mol. The van der Waals surface area contributed by atoms with Crippen molar-refractivity contribution in [2.24, 2.45) is 0 Å². The summed E-state index contributed by atoms with van der Waals surface area (Å²) < 4.78 is 53.6. The maximum atomic E-state index is 13.5. The first kappa shape index (κ1) is 19.6. The Labute approximate surface area is 169 Å². The SMILES string of the molecule is O=C(Nc1nc2c(s1)CN(S(=O)(=O)c1cc(F)cc(F)c1)CC2)c1ccccn1. The summed E-state index contributed by atoms with van der Waals surface area (Å²) in [5, 5.41) is 2.99. The molecule has 0 saturated heterocycles. The van der Waals surface area contributed by atoms with Crippen LogP contribution in [0.1, 0.15) is 21.1 Å². The summed E-state index contributed by atoms with van der Waals surface area (Å²) in [6.45, 7) is 0.123. The van der Waals surface area contributed by atoms with Gasteiger partial charge in [-0.3, -0.25) is 15.1 Å². The smallest absolute Gasteiger partial charge is 0.276 e. The Kier molecular flexibility index (Phi) is 5.11. The highest BCUT2D eigenvalue weighted by Crippen LogP contribution is 2.31. The van der Waals surface area contributed by atoms with Gasteiger partial charge < -0.3 is 0 Å². The molecular formula is C18H14F2N4O3S2. The van der Waals surface area contributed by atoms with Crippen molar-refractivity contribution in [2.45, 2.75) is 17.9 Å². The van der Waals surface area contributed by atoms with Gasteiger partial charge in [0, 0.05) is 30.1 Å². The fourth-order valence-electron chi connectivity index (χ4n) is 2.92. The van der Waals surface area contributed by atoms with E-state index in [-0.39, 0.29) is 18.8 Å². The number of hydrogen-bond donors (Lipinski definition) is 1. The molecule has 0 unspecified atom stereocenters. The highest BCUT2D eigenvalue weighted by atomic mass is 32.2. The van der Waals surface area contributed by atoms with E-state index >= 15 is 0 Å². The van der Waals surface area contributed by atoms with E-state index in [1.807, 2.05) is 0 Å². The van der Waals surface area contributed by atoms with Crippen molar-refractivity contribution in [3.8, 4) is 0 Å². The molecule has 29 heavy (non-hydrogen) atoms. The zero-order valence-corrected chi connectivity index (χ0v) is 16.4. The molecule has 2 aromatic heterocycles. The second kappa shape index (κ2) is 7.58. The number of rotatable bonds is 4. The number of amides is 1. The fourth-order valence-corrected chi connectivity index (χ4v) is 5.47. The molecule has 1 aliphatic rings. The first-order valence-electron chi connectivity index (χ1n) is 8.50. The van der Waals surface area contributed by atoms with Gasteiger partial charge >= 0.3 is 0 Å². The molecule has 11 heteroatoms. The van der Waals surface area contributed by atoms with Gasteiger partial charge in [-0.15, -0.1) is 11.3 Å². The van der Waals surface area contributed by atoms with E-state index in [1.165, 1.54) is 6.20 Å². The molecule has 0 aliphatic carbocycles. The van der Waals surface area contributed by atoms with Crippen LogP contribution in [0.2, 0.25) is 0 Å². The number of thiazole rings is 1. The van der Waals surface area contributed by atoms with Gasteiger partial charge in [-0.05, 0) is 24.3 Å². The molecule has 0 saturated carbocycles. The quantitative estimate of drug-likeness (QED) is 0.679. The lowest BCUT2D eigenvalue weighted by Gasteiger charge is -2.25. The van der Waals surface area contributed by atoms with E-state index in [0.29, 0.717) is 28.2 Å². The topological polar surface area (TPSA) is 92.3 Å². The maximum Gasteiger partial charge on any atom is 0.276 e. The van der Waals surface area contributed by atoms with Crippen LogP contribution in [0.15, 0.2) is 47.5 Å². The van der Waals surface area contributed by atoms with Gasteiger partial charge in [0.2, 0.25) is 10.0 Å². The molecule has 1 N–H and O–H groups in total. The van der Waals surface area contributed by atoms with Crippen molar-refractivity contribution in [1.29, 1.82) is 0 Å². The number of nitrogens with one attached hydrogen (secondary N) is 1. The van der Waals surface area contributed by atoms with Gasteiger partial charge in [0.15, 0.2) is 5.13 Å². The summed E-state index contributed by atoms with van der Waals surface area (Å²) in [4.78, 5) is 20.8. The first-order valence-corrected chi connectivity index (χ1v) is 10.8. The van der Waals surface area contributed by atoms with Crippen molar-refractivity contribution in [3.05, 3.63) is 70.5 Å². The van der Waals surface area contributed by atoms with E-state index < -0.39 is 32.5 Å². The Morgan fingerprint density at radius 1 is 1.17 bits per heavy atom. The van der Waals surface area contributed by atoms with Gasteiger partial charge in [0.1, 0.15) is 17.3 Å².